The van der Waals surface area contributed by atoms with Gasteiger partial charge in [0.05, 0.1) is 30.0 Å². The first-order valence-corrected chi connectivity index (χ1v) is 8.44. The van der Waals surface area contributed by atoms with Crippen LogP contribution in [-0.2, 0) is 11.2 Å². The molecule has 0 radical (unpaired) electrons. The maximum atomic E-state index is 12.6. The Hall–Kier alpha value is -2.12. The van der Waals surface area contributed by atoms with Crippen molar-refractivity contribution in [2.24, 2.45) is 5.92 Å². The Morgan fingerprint density at radius 1 is 1.40 bits per heavy atom. The number of H-pyrrole nitrogens is 1. The quantitative estimate of drug-likeness (QED) is 0.862. The molecule has 134 valence electrons. The number of ether oxygens (including phenoxy) is 1. The number of hydrogen-bond donors (Lipinski definition) is 2. The molecule has 2 aromatic heterocycles. The highest BCUT2D eigenvalue weighted by Gasteiger charge is 2.32. The average molecular weight is 366 g/mol. The predicted octanol–water partition coefficient (Wildman–Crippen LogP) is 1.93. The molecule has 1 saturated heterocycles. The molecule has 8 heteroatoms. The first-order chi connectivity index (χ1) is 11.9. The summed E-state index contributed by atoms with van der Waals surface area (Å²) >= 11 is 6.16. The van der Waals surface area contributed by atoms with Crippen molar-refractivity contribution in [1.29, 1.82) is 0 Å². The molecule has 0 bridgehead atoms. The lowest BCUT2D eigenvalue weighted by molar-refractivity contribution is 0.0922. The number of aromatic amines is 1. The van der Waals surface area contributed by atoms with Gasteiger partial charge in [-0.05, 0) is 26.3 Å². The standard InChI is InChI=1S/C17H20ClN3O4/c1-8-4-12(25-21-8)5-11-6-24-7-13(11)20-17(23)14-9(2)15(18)10(3)19-16(14)22/h4,11,13H,5-7H2,1-3H3,(H,19,22)(H,20,23)/t11-,13+/m1/s1. The van der Waals surface area contributed by atoms with E-state index in [0.29, 0.717) is 35.9 Å². The summed E-state index contributed by atoms with van der Waals surface area (Å²) in [6, 6.07) is 1.66. The lowest BCUT2D eigenvalue weighted by Gasteiger charge is -2.18. The third-order valence-electron chi connectivity index (χ3n) is 4.44. The van der Waals surface area contributed by atoms with E-state index < -0.39 is 11.5 Å². The van der Waals surface area contributed by atoms with Gasteiger partial charge in [0.2, 0.25) is 0 Å². The van der Waals surface area contributed by atoms with Gasteiger partial charge in [-0.3, -0.25) is 9.59 Å². The topological polar surface area (TPSA) is 97.2 Å². The summed E-state index contributed by atoms with van der Waals surface area (Å²) in [4.78, 5) is 27.4. The highest BCUT2D eigenvalue weighted by molar-refractivity contribution is 6.32. The molecule has 1 amide bonds. The molecular formula is C17H20ClN3O4. The molecule has 2 aromatic rings. The van der Waals surface area contributed by atoms with Gasteiger partial charge in [0.1, 0.15) is 11.3 Å². The zero-order chi connectivity index (χ0) is 18.1. The maximum absolute atomic E-state index is 12.6. The van der Waals surface area contributed by atoms with E-state index in [0.717, 1.165) is 11.5 Å². The predicted molar refractivity (Wildman–Crippen MR) is 92.1 cm³/mol. The molecule has 2 atom stereocenters. The van der Waals surface area contributed by atoms with Crippen molar-refractivity contribution in [1.82, 2.24) is 15.5 Å². The maximum Gasteiger partial charge on any atom is 0.261 e. The Bertz CT molecular complexity index is 858. The van der Waals surface area contributed by atoms with E-state index in [9.17, 15) is 9.59 Å². The Labute approximate surface area is 149 Å². The van der Waals surface area contributed by atoms with Gasteiger partial charge in [0, 0.05) is 24.1 Å². The van der Waals surface area contributed by atoms with E-state index in [1.165, 1.54) is 0 Å². The van der Waals surface area contributed by atoms with Crippen LogP contribution in [0.1, 0.15) is 33.1 Å². The molecule has 25 heavy (non-hydrogen) atoms. The van der Waals surface area contributed by atoms with Gasteiger partial charge in [-0.2, -0.15) is 0 Å². The fraction of sp³-hybridized carbons (Fsp3) is 0.471. The molecule has 0 unspecified atom stereocenters. The highest BCUT2D eigenvalue weighted by atomic mass is 35.5. The van der Waals surface area contributed by atoms with E-state index in [1.54, 1.807) is 13.8 Å². The van der Waals surface area contributed by atoms with Crippen LogP contribution in [0.4, 0.5) is 0 Å². The van der Waals surface area contributed by atoms with E-state index in [4.69, 9.17) is 20.9 Å². The largest absolute Gasteiger partial charge is 0.379 e. The van der Waals surface area contributed by atoms with Crippen LogP contribution in [0, 0.1) is 26.7 Å². The van der Waals surface area contributed by atoms with Gasteiger partial charge in [-0.25, -0.2) is 0 Å². The number of nitrogens with zero attached hydrogens (tertiary/aromatic N) is 1. The van der Waals surface area contributed by atoms with Crippen LogP contribution >= 0.6 is 11.6 Å². The van der Waals surface area contributed by atoms with Gasteiger partial charge >= 0.3 is 0 Å². The number of halogens is 1. The van der Waals surface area contributed by atoms with E-state index in [2.05, 4.69) is 15.5 Å². The van der Waals surface area contributed by atoms with Gasteiger partial charge in [-0.15, -0.1) is 0 Å². The number of pyridine rings is 1. The Morgan fingerprint density at radius 3 is 2.84 bits per heavy atom. The van der Waals surface area contributed by atoms with Gasteiger partial charge in [-0.1, -0.05) is 16.8 Å². The summed E-state index contributed by atoms with van der Waals surface area (Å²) in [6.45, 7) is 6.11. The molecule has 1 aliphatic heterocycles. The van der Waals surface area contributed by atoms with Crippen LogP contribution in [0.3, 0.4) is 0 Å². The number of amides is 1. The molecule has 1 aliphatic rings. The lowest BCUT2D eigenvalue weighted by Crippen LogP contribution is -2.42. The van der Waals surface area contributed by atoms with Crippen molar-refractivity contribution < 1.29 is 14.1 Å². The Morgan fingerprint density at radius 2 is 2.16 bits per heavy atom. The highest BCUT2D eigenvalue weighted by Crippen LogP contribution is 2.22. The molecule has 3 rings (SSSR count). The normalized spacial score (nSPS) is 20.0. The van der Waals surface area contributed by atoms with Crippen LogP contribution in [0.15, 0.2) is 15.4 Å². The monoisotopic (exact) mass is 365 g/mol. The summed E-state index contributed by atoms with van der Waals surface area (Å²) in [7, 11) is 0. The second-order valence-corrected chi connectivity index (χ2v) is 6.79. The number of rotatable bonds is 4. The average Bonchev–Trinajstić information content (AvgIpc) is 3.15. The van der Waals surface area contributed by atoms with Crippen LogP contribution in [0.25, 0.3) is 0 Å². The second kappa shape index (κ2) is 7.01. The smallest absolute Gasteiger partial charge is 0.261 e. The van der Waals surface area contributed by atoms with Crippen molar-refractivity contribution in [2.75, 3.05) is 13.2 Å². The zero-order valence-corrected chi connectivity index (χ0v) is 15.1. The van der Waals surface area contributed by atoms with E-state index in [1.807, 2.05) is 13.0 Å². The first-order valence-electron chi connectivity index (χ1n) is 8.06. The van der Waals surface area contributed by atoms with Gasteiger partial charge in [0.25, 0.3) is 11.5 Å². The van der Waals surface area contributed by atoms with Crippen LogP contribution in [0.2, 0.25) is 5.02 Å². The molecule has 0 saturated carbocycles. The Balaban J connectivity index is 1.76. The molecular weight excluding hydrogens is 346 g/mol. The SMILES string of the molecule is Cc1cc(C[C@@H]2COC[C@@H]2NC(=O)c2c(C)c(Cl)c(C)[nH]c2=O)on1. The third-order valence-corrected chi connectivity index (χ3v) is 5.01. The van der Waals surface area contributed by atoms with E-state index in [-0.39, 0.29) is 17.5 Å². The van der Waals surface area contributed by atoms with Gasteiger partial charge < -0.3 is 19.6 Å². The minimum Gasteiger partial charge on any atom is -0.379 e. The number of hydrogen-bond acceptors (Lipinski definition) is 5. The summed E-state index contributed by atoms with van der Waals surface area (Å²) < 4.78 is 10.7. The summed E-state index contributed by atoms with van der Waals surface area (Å²) in [5.74, 6) is 0.353. The van der Waals surface area contributed by atoms with E-state index >= 15 is 0 Å². The summed E-state index contributed by atoms with van der Waals surface area (Å²) in [6.07, 6.45) is 0.607. The van der Waals surface area contributed by atoms with Crippen molar-refractivity contribution in [2.45, 2.75) is 33.2 Å². The number of aryl methyl sites for hydroxylation is 2. The van der Waals surface area contributed by atoms with Crippen molar-refractivity contribution in [3.63, 3.8) is 0 Å². The third kappa shape index (κ3) is 3.62. The van der Waals surface area contributed by atoms with Gasteiger partial charge in [0.15, 0.2) is 0 Å². The summed E-state index contributed by atoms with van der Waals surface area (Å²) in [5, 5.41) is 7.16. The number of aromatic nitrogens is 2. The molecule has 0 spiro atoms. The van der Waals surface area contributed by atoms with Crippen LogP contribution in [0.5, 0.6) is 0 Å². The van der Waals surface area contributed by atoms with Crippen molar-refractivity contribution in [3.8, 4) is 0 Å². The van der Waals surface area contributed by atoms with Crippen LogP contribution in [-0.4, -0.2) is 35.3 Å². The lowest BCUT2D eigenvalue weighted by atomic mass is 9.97. The van der Waals surface area contributed by atoms with Crippen molar-refractivity contribution >= 4 is 17.5 Å². The molecule has 3 heterocycles. The number of nitrogens with one attached hydrogen (secondary N) is 2. The van der Waals surface area contributed by atoms with Crippen LogP contribution < -0.4 is 10.9 Å². The fourth-order valence-corrected chi connectivity index (χ4v) is 3.23. The molecule has 1 fully saturated rings. The van der Waals surface area contributed by atoms with Crippen molar-refractivity contribution in [3.05, 3.63) is 49.7 Å². The molecule has 0 aromatic carbocycles. The first kappa shape index (κ1) is 17.7. The fourth-order valence-electron chi connectivity index (χ4n) is 3.09. The molecule has 0 aliphatic carbocycles. The number of carbonyl (C=O) groups excluding carboxylic acids is 1. The second-order valence-electron chi connectivity index (χ2n) is 6.41. The molecule has 2 N–H and O–H groups in total. The minimum atomic E-state index is -0.449. The summed E-state index contributed by atoms with van der Waals surface area (Å²) in [5.41, 5.74) is 1.42. The zero-order valence-electron chi connectivity index (χ0n) is 14.3. The molecule has 7 nitrogen and oxygen atoms in total. The minimum absolute atomic E-state index is 0.0387. The Kier molecular flexibility index (Phi) is 4.96. The number of carbonyl (C=O) groups is 1.